The van der Waals surface area contributed by atoms with Gasteiger partial charge in [0.25, 0.3) is 5.91 Å². The molecular weight excluding hydrogens is 386 g/mol. The van der Waals surface area contributed by atoms with Crippen LogP contribution in [0.4, 0.5) is 5.82 Å². The summed E-state index contributed by atoms with van der Waals surface area (Å²) in [4.78, 5) is 29.7. The van der Waals surface area contributed by atoms with Gasteiger partial charge in [0, 0.05) is 19.4 Å². The molecule has 0 saturated heterocycles. The molecule has 1 aromatic carbocycles. The Morgan fingerprint density at radius 3 is 2.63 bits per heavy atom. The number of amides is 1. The molecule has 0 atom stereocenters. The number of hydrogen-bond acceptors (Lipinski definition) is 7. The number of anilines is 1. The second kappa shape index (κ2) is 7.78. The van der Waals surface area contributed by atoms with Gasteiger partial charge in [0.05, 0.1) is 6.20 Å². The molecule has 0 aliphatic carbocycles. The third-order valence-corrected chi connectivity index (χ3v) is 4.42. The van der Waals surface area contributed by atoms with Crippen LogP contribution < -0.4 is 5.32 Å². The molecule has 152 valence electrons. The van der Waals surface area contributed by atoms with Crippen molar-refractivity contribution in [3.05, 3.63) is 71.3 Å². The molecule has 0 spiro atoms. The molecule has 3 aromatic heterocycles. The highest BCUT2D eigenvalue weighted by Gasteiger charge is 2.22. The predicted octanol–water partition coefficient (Wildman–Crippen LogP) is 3.65. The van der Waals surface area contributed by atoms with Gasteiger partial charge in [-0.2, -0.15) is 9.90 Å². The minimum Gasteiger partial charge on any atom is -0.456 e. The van der Waals surface area contributed by atoms with Crippen LogP contribution in [0, 0.1) is 13.8 Å². The number of aromatic nitrogens is 4. The first-order chi connectivity index (χ1) is 14.4. The molecule has 0 bridgehead atoms. The van der Waals surface area contributed by atoms with Crippen LogP contribution >= 0.6 is 0 Å². The zero-order valence-corrected chi connectivity index (χ0v) is 16.7. The van der Waals surface area contributed by atoms with Crippen LogP contribution in [-0.4, -0.2) is 31.7 Å². The van der Waals surface area contributed by atoms with Crippen LogP contribution in [0.15, 0.2) is 51.4 Å². The molecule has 30 heavy (non-hydrogen) atoms. The van der Waals surface area contributed by atoms with Crippen LogP contribution in [0.3, 0.4) is 0 Å². The van der Waals surface area contributed by atoms with Gasteiger partial charge in [0.2, 0.25) is 0 Å². The summed E-state index contributed by atoms with van der Waals surface area (Å²) in [5.74, 6) is 1.25. The van der Waals surface area contributed by atoms with Crippen LogP contribution in [0.25, 0.3) is 11.3 Å². The van der Waals surface area contributed by atoms with Crippen molar-refractivity contribution in [3.63, 3.8) is 0 Å². The Bertz CT molecular complexity index is 1230. The van der Waals surface area contributed by atoms with Gasteiger partial charge < -0.3 is 14.2 Å². The summed E-state index contributed by atoms with van der Waals surface area (Å²) in [7, 11) is 0. The Morgan fingerprint density at radius 1 is 1.10 bits per heavy atom. The van der Waals surface area contributed by atoms with Crippen molar-refractivity contribution >= 4 is 17.5 Å². The Kier molecular flexibility index (Phi) is 5.01. The van der Waals surface area contributed by atoms with Gasteiger partial charge in [-0.15, -0.1) is 5.10 Å². The molecule has 1 N–H and O–H groups in total. The normalized spacial score (nSPS) is 10.9. The molecule has 1 amide bonds. The van der Waals surface area contributed by atoms with Crippen molar-refractivity contribution in [3.8, 4) is 11.3 Å². The summed E-state index contributed by atoms with van der Waals surface area (Å²) >= 11 is 0. The zero-order chi connectivity index (χ0) is 21.3. The molecule has 9 heteroatoms. The van der Waals surface area contributed by atoms with Crippen molar-refractivity contribution < 1.29 is 18.4 Å². The topological polar surface area (TPSA) is 116 Å². The van der Waals surface area contributed by atoms with Crippen molar-refractivity contribution in [1.29, 1.82) is 0 Å². The summed E-state index contributed by atoms with van der Waals surface area (Å²) in [6.07, 6.45) is 1.42. The van der Waals surface area contributed by atoms with Crippen molar-refractivity contribution in [2.24, 2.45) is 0 Å². The number of carbonyl (C=O) groups excluding carboxylic acids is 2. The van der Waals surface area contributed by atoms with Gasteiger partial charge in [-0.05, 0) is 24.6 Å². The van der Waals surface area contributed by atoms with E-state index < -0.39 is 5.91 Å². The maximum atomic E-state index is 12.8. The van der Waals surface area contributed by atoms with Crippen molar-refractivity contribution in [2.45, 2.75) is 27.3 Å². The summed E-state index contributed by atoms with van der Waals surface area (Å²) < 4.78 is 11.1. The molecule has 0 fully saturated rings. The number of ketones is 1. The largest absolute Gasteiger partial charge is 0.456 e. The number of nitrogens with zero attached hydrogens (tertiary/aromatic N) is 4. The lowest BCUT2D eigenvalue weighted by molar-refractivity contribution is 0.0983. The number of oxazole rings is 1. The van der Waals surface area contributed by atoms with Gasteiger partial charge in [0.1, 0.15) is 12.3 Å². The van der Waals surface area contributed by atoms with Crippen LogP contribution in [0.2, 0.25) is 0 Å². The van der Waals surface area contributed by atoms with Gasteiger partial charge >= 0.3 is 0 Å². The first-order valence-electron chi connectivity index (χ1n) is 9.25. The van der Waals surface area contributed by atoms with E-state index in [1.54, 1.807) is 19.1 Å². The van der Waals surface area contributed by atoms with Crippen LogP contribution in [0.1, 0.15) is 45.2 Å². The number of aryl methyl sites for hydroxylation is 2. The molecule has 0 radical (unpaired) electrons. The Labute approximate surface area is 171 Å². The van der Waals surface area contributed by atoms with Crippen molar-refractivity contribution in [1.82, 2.24) is 20.0 Å². The summed E-state index contributed by atoms with van der Waals surface area (Å²) in [5, 5.41) is 11.0. The van der Waals surface area contributed by atoms with E-state index in [0.717, 1.165) is 11.1 Å². The number of rotatable bonds is 6. The number of carbonyl (C=O) groups is 2. The van der Waals surface area contributed by atoms with E-state index in [9.17, 15) is 9.59 Å². The molecular formula is C21H19N5O4. The van der Waals surface area contributed by atoms with E-state index in [-0.39, 0.29) is 29.6 Å². The first-order valence-corrected chi connectivity index (χ1v) is 9.25. The maximum absolute atomic E-state index is 12.8. The average Bonchev–Trinajstić information content (AvgIpc) is 3.43. The minimum absolute atomic E-state index is 0.157. The van der Waals surface area contributed by atoms with E-state index in [1.807, 2.05) is 31.2 Å². The van der Waals surface area contributed by atoms with Gasteiger partial charge in [0.15, 0.2) is 34.7 Å². The first kappa shape index (κ1) is 19.3. The van der Waals surface area contributed by atoms with Gasteiger partial charge in [-0.1, -0.05) is 24.3 Å². The van der Waals surface area contributed by atoms with Gasteiger partial charge in [-0.25, -0.2) is 4.98 Å². The fraction of sp³-hybridized carbons (Fsp3) is 0.190. The monoisotopic (exact) mass is 405 g/mol. The third-order valence-electron chi connectivity index (χ3n) is 4.42. The number of Topliss-reactive ketones (excluding diaryl/α,β-unsaturated/α-hetero) is 1. The number of furan rings is 1. The lowest BCUT2D eigenvalue weighted by atomic mass is 10.1. The van der Waals surface area contributed by atoms with Crippen molar-refractivity contribution in [2.75, 3.05) is 5.32 Å². The highest BCUT2D eigenvalue weighted by molar-refractivity contribution is 6.06. The standard InChI is InChI=1S/C21H19N5O4/c1-12-6-4-5-7-16(12)20-19(23-14(3)29-20)21(28)24-18-10-22-26(25-18)11-15-8-9-17(30-15)13(2)27/h4-10H,11H2,1-3H3,(H,24,25,28). The highest BCUT2D eigenvalue weighted by Crippen LogP contribution is 2.28. The lowest BCUT2D eigenvalue weighted by Crippen LogP contribution is -2.14. The molecule has 0 aliphatic heterocycles. The number of nitrogens with one attached hydrogen (secondary N) is 1. The third kappa shape index (κ3) is 3.90. The van der Waals surface area contributed by atoms with E-state index >= 15 is 0 Å². The van der Waals surface area contributed by atoms with Crippen LogP contribution in [-0.2, 0) is 6.54 Å². The molecule has 9 nitrogen and oxygen atoms in total. The summed E-state index contributed by atoms with van der Waals surface area (Å²) in [6, 6.07) is 10.9. The number of benzene rings is 1. The van der Waals surface area contributed by atoms with Gasteiger partial charge in [-0.3, -0.25) is 9.59 Å². The van der Waals surface area contributed by atoms with E-state index in [1.165, 1.54) is 17.9 Å². The molecule has 3 heterocycles. The van der Waals surface area contributed by atoms with Crippen LogP contribution in [0.5, 0.6) is 0 Å². The minimum atomic E-state index is -0.450. The molecule has 0 aliphatic rings. The Balaban J connectivity index is 1.51. The second-order valence-corrected chi connectivity index (χ2v) is 6.76. The lowest BCUT2D eigenvalue weighted by Gasteiger charge is -2.04. The predicted molar refractivity (Wildman–Crippen MR) is 107 cm³/mol. The fourth-order valence-corrected chi connectivity index (χ4v) is 2.99. The average molecular weight is 405 g/mol. The van der Waals surface area contributed by atoms with E-state index in [0.29, 0.717) is 17.4 Å². The Morgan fingerprint density at radius 2 is 1.90 bits per heavy atom. The smallest absolute Gasteiger partial charge is 0.279 e. The van der Waals surface area contributed by atoms with E-state index in [2.05, 4.69) is 20.5 Å². The molecule has 4 aromatic rings. The summed E-state index contributed by atoms with van der Waals surface area (Å²) in [5.41, 5.74) is 1.94. The zero-order valence-electron chi connectivity index (χ0n) is 16.7. The quantitative estimate of drug-likeness (QED) is 0.487. The summed E-state index contributed by atoms with van der Waals surface area (Å²) in [6.45, 7) is 5.28. The maximum Gasteiger partial charge on any atom is 0.279 e. The fourth-order valence-electron chi connectivity index (χ4n) is 2.99. The second-order valence-electron chi connectivity index (χ2n) is 6.76. The SMILES string of the molecule is CC(=O)c1ccc(Cn2ncc(NC(=O)c3nc(C)oc3-c3ccccc3C)n2)o1. The number of hydrogen-bond donors (Lipinski definition) is 1. The van der Waals surface area contributed by atoms with E-state index in [4.69, 9.17) is 8.83 Å². The molecule has 0 unspecified atom stereocenters. The Hall–Kier alpha value is -4.01. The molecule has 0 saturated carbocycles. The molecule has 4 rings (SSSR count). The highest BCUT2D eigenvalue weighted by atomic mass is 16.4.